The predicted molar refractivity (Wildman–Crippen MR) is 90.4 cm³/mol. The van der Waals surface area contributed by atoms with Gasteiger partial charge in [0, 0.05) is 19.6 Å². The number of nitrogens with zero attached hydrogens (tertiary/aromatic N) is 3. The van der Waals surface area contributed by atoms with E-state index in [9.17, 15) is 9.18 Å². The van der Waals surface area contributed by atoms with Gasteiger partial charge in [0.1, 0.15) is 17.3 Å². The second kappa shape index (κ2) is 7.86. The fourth-order valence-electron chi connectivity index (χ4n) is 2.82. The summed E-state index contributed by atoms with van der Waals surface area (Å²) in [5.41, 5.74) is 1.03. The molecule has 0 unspecified atom stereocenters. The van der Waals surface area contributed by atoms with Gasteiger partial charge in [0.25, 0.3) is 5.91 Å². The number of anilines is 1. The minimum Gasteiger partial charge on any atom is -0.368 e. The van der Waals surface area contributed by atoms with Gasteiger partial charge in [-0.2, -0.15) is 0 Å². The molecule has 1 N–H and O–H groups in total. The van der Waals surface area contributed by atoms with Crippen molar-refractivity contribution in [3.8, 4) is 0 Å². The molecule has 0 radical (unpaired) electrons. The van der Waals surface area contributed by atoms with Crippen molar-refractivity contribution in [3.63, 3.8) is 0 Å². The SMILES string of the molecule is O=C(c1cnc(NCCc2ccccc2F)cn1)N1CCCCC1. The van der Waals surface area contributed by atoms with E-state index in [2.05, 4.69) is 15.3 Å². The molecule has 0 spiro atoms. The van der Waals surface area contributed by atoms with Crippen LogP contribution in [0.3, 0.4) is 0 Å². The van der Waals surface area contributed by atoms with Crippen LogP contribution in [0.1, 0.15) is 35.3 Å². The molecule has 5 nitrogen and oxygen atoms in total. The molecule has 1 saturated heterocycles. The molecule has 1 aliphatic rings. The van der Waals surface area contributed by atoms with Gasteiger partial charge >= 0.3 is 0 Å². The van der Waals surface area contributed by atoms with E-state index in [1.807, 2.05) is 11.0 Å². The van der Waals surface area contributed by atoms with Crippen molar-refractivity contribution in [2.24, 2.45) is 0 Å². The zero-order chi connectivity index (χ0) is 16.8. The van der Waals surface area contributed by atoms with Crippen LogP contribution in [0, 0.1) is 5.82 Å². The fraction of sp³-hybridized carbons (Fsp3) is 0.389. The highest BCUT2D eigenvalue weighted by Gasteiger charge is 2.19. The molecule has 6 heteroatoms. The lowest BCUT2D eigenvalue weighted by molar-refractivity contribution is 0.0718. The number of carbonyl (C=O) groups excluding carboxylic acids is 1. The number of aromatic nitrogens is 2. The molecule has 2 aromatic rings. The summed E-state index contributed by atoms with van der Waals surface area (Å²) in [6.07, 6.45) is 6.90. The minimum atomic E-state index is -0.201. The number of rotatable bonds is 5. The lowest BCUT2D eigenvalue weighted by atomic mass is 10.1. The molecule has 0 saturated carbocycles. The first-order valence-electron chi connectivity index (χ1n) is 8.32. The van der Waals surface area contributed by atoms with Crippen molar-refractivity contribution in [2.75, 3.05) is 25.0 Å². The molecule has 1 aromatic carbocycles. The third-order valence-electron chi connectivity index (χ3n) is 4.17. The molecule has 3 rings (SSSR count). The molecular formula is C18H21FN4O. The molecule has 1 aromatic heterocycles. The first-order valence-corrected chi connectivity index (χ1v) is 8.32. The number of carbonyl (C=O) groups is 1. The minimum absolute atomic E-state index is 0.0555. The number of piperidine rings is 1. The lowest BCUT2D eigenvalue weighted by Crippen LogP contribution is -2.36. The third kappa shape index (κ3) is 4.07. The number of amides is 1. The Hall–Kier alpha value is -2.50. The van der Waals surface area contributed by atoms with Gasteiger partial charge in [-0.25, -0.2) is 14.4 Å². The van der Waals surface area contributed by atoms with Gasteiger partial charge in [0.15, 0.2) is 0 Å². The Morgan fingerprint density at radius 3 is 2.62 bits per heavy atom. The Balaban J connectivity index is 1.53. The Labute approximate surface area is 140 Å². The lowest BCUT2D eigenvalue weighted by Gasteiger charge is -2.26. The van der Waals surface area contributed by atoms with Gasteiger partial charge < -0.3 is 10.2 Å². The molecule has 24 heavy (non-hydrogen) atoms. The highest BCUT2D eigenvalue weighted by Crippen LogP contribution is 2.12. The quantitative estimate of drug-likeness (QED) is 0.917. The van der Waals surface area contributed by atoms with E-state index >= 15 is 0 Å². The van der Waals surface area contributed by atoms with E-state index in [1.165, 1.54) is 18.7 Å². The first kappa shape index (κ1) is 16.4. The monoisotopic (exact) mass is 328 g/mol. The predicted octanol–water partition coefficient (Wildman–Crippen LogP) is 2.90. The Kier molecular flexibility index (Phi) is 5.36. The summed E-state index contributed by atoms with van der Waals surface area (Å²) < 4.78 is 13.5. The number of halogens is 1. The van der Waals surface area contributed by atoms with Crippen LogP contribution in [0.25, 0.3) is 0 Å². The third-order valence-corrected chi connectivity index (χ3v) is 4.17. The van der Waals surface area contributed by atoms with Crippen LogP contribution in [0.5, 0.6) is 0 Å². The maximum Gasteiger partial charge on any atom is 0.274 e. The molecule has 0 bridgehead atoms. The average Bonchev–Trinajstić information content (AvgIpc) is 2.64. The topological polar surface area (TPSA) is 58.1 Å². The van der Waals surface area contributed by atoms with Crippen LogP contribution in [0.15, 0.2) is 36.7 Å². The molecular weight excluding hydrogens is 307 g/mol. The Morgan fingerprint density at radius 1 is 1.12 bits per heavy atom. The van der Waals surface area contributed by atoms with Gasteiger partial charge in [-0.05, 0) is 37.3 Å². The number of benzene rings is 1. The standard InChI is InChI=1S/C18H21FN4O/c19-15-7-3-2-6-14(15)8-9-20-17-13-21-16(12-22-17)18(24)23-10-4-1-5-11-23/h2-3,6-7,12-13H,1,4-5,8-11H2,(H,20,22). The summed E-state index contributed by atoms with van der Waals surface area (Å²) in [5, 5.41) is 3.10. The van der Waals surface area contributed by atoms with E-state index in [-0.39, 0.29) is 11.7 Å². The van der Waals surface area contributed by atoms with Gasteiger partial charge in [0.05, 0.1) is 12.4 Å². The summed E-state index contributed by atoms with van der Waals surface area (Å²) in [6.45, 7) is 2.14. The summed E-state index contributed by atoms with van der Waals surface area (Å²) >= 11 is 0. The molecule has 2 heterocycles. The van der Waals surface area contributed by atoms with Crippen molar-refractivity contribution < 1.29 is 9.18 Å². The first-order chi connectivity index (χ1) is 11.7. The molecule has 126 valence electrons. The molecule has 1 aliphatic heterocycles. The van der Waals surface area contributed by atoms with E-state index in [0.717, 1.165) is 25.9 Å². The van der Waals surface area contributed by atoms with Gasteiger partial charge in [-0.3, -0.25) is 4.79 Å². The van der Waals surface area contributed by atoms with E-state index in [4.69, 9.17) is 0 Å². The summed E-state index contributed by atoms with van der Waals surface area (Å²) in [4.78, 5) is 22.6. The molecule has 1 amide bonds. The largest absolute Gasteiger partial charge is 0.368 e. The van der Waals surface area contributed by atoms with Crippen molar-refractivity contribution in [3.05, 3.63) is 53.7 Å². The second-order valence-electron chi connectivity index (χ2n) is 5.91. The molecule has 1 fully saturated rings. The molecule has 0 atom stereocenters. The summed E-state index contributed by atoms with van der Waals surface area (Å²) in [5.74, 6) is 0.328. The second-order valence-corrected chi connectivity index (χ2v) is 5.91. The van der Waals surface area contributed by atoms with Gasteiger partial charge in [0.2, 0.25) is 0 Å². The van der Waals surface area contributed by atoms with Crippen LogP contribution in [0.2, 0.25) is 0 Å². The highest BCUT2D eigenvalue weighted by molar-refractivity contribution is 5.92. The van der Waals surface area contributed by atoms with E-state index in [0.29, 0.717) is 30.0 Å². The number of hydrogen-bond donors (Lipinski definition) is 1. The van der Waals surface area contributed by atoms with Crippen LogP contribution in [0.4, 0.5) is 10.2 Å². The molecule has 0 aliphatic carbocycles. The van der Waals surface area contributed by atoms with Crippen molar-refractivity contribution in [2.45, 2.75) is 25.7 Å². The van der Waals surface area contributed by atoms with Gasteiger partial charge in [-0.15, -0.1) is 0 Å². The van der Waals surface area contributed by atoms with E-state index < -0.39 is 0 Å². The highest BCUT2D eigenvalue weighted by atomic mass is 19.1. The average molecular weight is 328 g/mol. The Bertz CT molecular complexity index is 684. The Morgan fingerprint density at radius 2 is 1.92 bits per heavy atom. The summed E-state index contributed by atoms with van der Waals surface area (Å²) in [7, 11) is 0. The van der Waals surface area contributed by atoms with Gasteiger partial charge in [-0.1, -0.05) is 18.2 Å². The van der Waals surface area contributed by atoms with Crippen LogP contribution < -0.4 is 5.32 Å². The smallest absolute Gasteiger partial charge is 0.274 e. The van der Waals surface area contributed by atoms with Crippen LogP contribution >= 0.6 is 0 Å². The maximum absolute atomic E-state index is 13.5. The number of nitrogens with one attached hydrogen (secondary N) is 1. The van der Waals surface area contributed by atoms with E-state index in [1.54, 1.807) is 18.3 Å². The zero-order valence-electron chi connectivity index (χ0n) is 13.5. The number of likely N-dealkylation sites (tertiary alicyclic amines) is 1. The van der Waals surface area contributed by atoms with Crippen LogP contribution in [-0.4, -0.2) is 40.4 Å². The van der Waals surface area contributed by atoms with Crippen molar-refractivity contribution >= 4 is 11.7 Å². The van der Waals surface area contributed by atoms with Crippen molar-refractivity contribution in [1.29, 1.82) is 0 Å². The summed E-state index contributed by atoms with van der Waals surface area (Å²) in [6, 6.07) is 6.72. The van der Waals surface area contributed by atoms with Crippen molar-refractivity contribution in [1.82, 2.24) is 14.9 Å². The fourth-order valence-corrected chi connectivity index (χ4v) is 2.82. The van der Waals surface area contributed by atoms with Crippen LogP contribution in [-0.2, 0) is 6.42 Å². The number of hydrogen-bond acceptors (Lipinski definition) is 4. The normalized spacial score (nSPS) is 14.5. The maximum atomic E-state index is 13.5. The zero-order valence-corrected chi connectivity index (χ0v) is 13.5.